The van der Waals surface area contributed by atoms with Gasteiger partial charge in [-0.15, -0.1) is 0 Å². The largest absolute Gasteiger partial charge is 0.394 e. The van der Waals surface area contributed by atoms with E-state index in [4.69, 9.17) is 0 Å². The van der Waals surface area contributed by atoms with Gasteiger partial charge in [0.2, 0.25) is 5.91 Å². The van der Waals surface area contributed by atoms with Crippen LogP contribution in [0, 0.1) is 0 Å². The molecule has 0 aliphatic heterocycles. The molecule has 0 aromatic carbocycles. The van der Waals surface area contributed by atoms with Crippen molar-refractivity contribution in [3.63, 3.8) is 0 Å². The Morgan fingerprint density at radius 2 is 1.10 bits per heavy atom. The lowest BCUT2D eigenvalue weighted by Gasteiger charge is -2.20. The van der Waals surface area contributed by atoms with Crippen molar-refractivity contribution in [2.75, 3.05) is 6.61 Å². The molecule has 0 aromatic heterocycles. The third-order valence-corrected chi connectivity index (χ3v) is 7.59. The molecule has 0 radical (unpaired) electrons. The van der Waals surface area contributed by atoms with Gasteiger partial charge in [-0.25, -0.2) is 0 Å². The molecule has 0 heterocycles. The molecule has 4 N–H and O–H groups in total. The van der Waals surface area contributed by atoms with Crippen LogP contribution in [0.3, 0.4) is 0 Å². The van der Waals surface area contributed by atoms with Crippen LogP contribution < -0.4 is 5.32 Å². The van der Waals surface area contributed by atoms with Crippen molar-refractivity contribution < 1.29 is 20.1 Å². The summed E-state index contributed by atoms with van der Waals surface area (Å²) in [4.78, 5) is 12.3. The third kappa shape index (κ3) is 28.4. The summed E-state index contributed by atoms with van der Waals surface area (Å²) < 4.78 is 0. The molecule has 3 unspecified atom stereocenters. The summed E-state index contributed by atoms with van der Waals surface area (Å²) in [5, 5.41) is 32.9. The number of allylic oxidation sites excluding steroid dienone is 7. The molecule has 0 saturated carbocycles. The fourth-order valence-electron chi connectivity index (χ4n) is 4.85. The van der Waals surface area contributed by atoms with E-state index >= 15 is 0 Å². The first-order valence-corrected chi connectivity index (χ1v) is 17.4. The number of hydrogen-bond acceptors (Lipinski definition) is 4. The Labute approximate surface area is 259 Å². The summed E-state index contributed by atoms with van der Waals surface area (Å²) in [6.07, 6.45) is 39.4. The Bertz CT molecular complexity index is 700. The zero-order chi connectivity index (χ0) is 30.9. The van der Waals surface area contributed by atoms with Crippen molar-refractivity contribution in [3.8, 4) is 0 Å². The molecule has 0 aromatic rings. The van der Waals surface area contributed by atoms with E-state index in [1.165, 1.54) is 77.0 Å². The van der Waals surface area contributed by atoms with Crippen molar-refractivity contribution in [3.05, 3.63) is 48.6 Å². The summed E-state index contributed by atoms with van der Waals surface area (Å²) in [5.41, 5.74) is 0. The number of carbonyl (C=O) groups is 1. The Hall–Kier alpha value is -1.69. The average molecular weight is 590 g/mol. The second-order valence-electron chi connectivity index (χ2n) is 11.8. The topological polar surface area (TPSA) is 89.8 Å². The maximum absolute atomic E-state index is 12.3. The van der Waals surface area contributed by atoms with Gasteiger partial charge in [0.25, 0.3) is 0 Å². The summed E-state index contributed by atoms with van der Waals surface area (Å²) >= 11 is 0. The molecule has 42 heavy (non-hydrogen) atoms. The van der Waals surface area contributed by atoms with Crippen LogP contribution >= 0.6 is 0 Å². The standard InChI is InChI=1S/C37H67NO4/c1-3-5-7-9-11-13-15-17-18-19-20-22-24-26-28-30-34(40)32-37(42)38-35(33-39)36(41)31-29-27-25-23-21-16-14-12-10-8-6-4-2/h11,13,17-18,21,23,29,31,34-36,39-41H,3-10,12,14-16,19-20,22,24-28,30,32-33H2,1-2H3,(H,38,42)/b13-11-,18-17-,23-21+,31-29+. The van der Waals surface area contributed by atoms with Gasteiger partial charge in [0.05, 0.1) is 31.3 Å². The van der Waals surface area contributed by atoms with Gasteiger partial charge >= 0.3 is 0 Å². The quantitative estimate of drug-likeness (QED) is 0.0497. The van der Waals surface area contributed by atoms with Crippen molar-refractivity contribution >= 4 is 5.91 Å². The highest BCUT2D eigenvalue weighted by molar-refractivity contribution is 5.76. The second-order valence-corrected chi connectivity index (χ2v) is 11.8. The van der Waals surface area contributed by atoms with Gasteiger partial charge in [0, 0.05) is 0 Å². The minimum Gasteiger partial charge on any atom is -0.394 e. The van der Waals surface area contributed by atoms with E-state index in [0.29, 0.717) is 6.42 Å². The van der Waals surface area contributed by atoms with E-state index in [1.807, 2.05) is 6.08 Å². The first kappa shape index (κ1) is 40.3. The van der Waals surface area contributed by atoms with Gasteiger partial charge in [-0.2, -0.15) is 0 Å². The monoisotopic (exact) mass is 590 g/mol. The molecule has 0 fully saturated rings. The molecule has 0 bridgehead atoms. The zero-order valence-electron chi connectivity index (χ0n) is 27.4. The van der Waals surface area contributed by atoms with Crippen LogP contribution in [0.1, 0.15) is 155 Å². The average Bonchev–Trinajstić information content (AvgIpc) is 2.98. The van der Waals surface area contributed by atoms with Gasteiger partial charge in [-0.3, -0.25) is 4.79 Å². The van der Waals surface area contributed by atoms with Crippen LogP contribution in [0.15, 0.2) is 48.6 Å². The van der Waals surface area contributed by atoms with Crippen molar-refractivity contribution in [1.29, 1.82) is 0 Å². The summed E-state index contributed by atoms with van der Waals surface area (Å²) in [7, 11) is 0. The number of aliphatic hydroxyl groups is 3. The molecule has 0 rings (SSSR count). The number of amides is 1. The summed E-state index contributed by atoms with van der Waals surface area (Å²) in [5.74, 6) is -0.339. The molecular formula is C37H67NO4. The summed E-state index contributed by atoms with van der Waals surface area (Å²) in [6, 6.07) is -0.764. The molecule has 1 amide bonds. The SMILES string of the molecule is CCCCC/C=C\C/C=C\CCCCCCCC(O)CC(=O)NC(CO)C(O)/C=C/CC/C=C/CCCCCCCC. The normalized spacial score (nSPS) is 14.5. The van der Waals surface area contributed by atoms with Crippen molar-refractivity contribution in [1.82, 2.24) is 5.32 Å². The minimum atomic E-state index is -0.954. The molecule has 3 atom stereocenters. The Balaban J connectivity index is 3.85. The number of carbonyl (C=O) groups excluding carboxylic acids is 1. The van der Waals surface area contributed by atoms with Crippen LogP contribution in [0.2, 0.25) is 0 Å². The number of aliphatic hydroxyl groups excluding tert-OH is 3. The molecular weight excluding hydrogens is 522 g/mol. The third-order valence-electron chi connectivity index (χ3n) is 7.59. The van der Waals surface area contributed by atoms with E-state index in [9.17, 15) is 20.1 Å². The van der Waals surface area contributed by atoms with E-state index in [1.54, 1.807) is 6.08 Å². The van der Waals surface area contributed by atoms with Crippen molar-refractivity contribution in [2.24, 2.45) is 0 Å². The number of unbranched alkanes of at least 4 members (excludes halogenated alkanes) is 15. The van der Waals surface area contributed by atoms with Gasteiger partial charge < -0.3 is 20.6 Å². The van der Waals surface area contributed by atoms with Gasteiger partial charge in [0.15, 0.2) is 0 Å². The minimum absolute atomic E-state index is 0.00578. The first-order chi connectivity index (χ1) is 20.5. The first-order valence-electron chi connectivity index (χ1n) is 17.4. The molecule has 5 heteroatoms. The van der Waals surface area contributed by atoms with Gasteiger partial charge in [-0.05, 0) is 64.2 Å². The maximum atomic E-state index is 12.3. The Morgan fingerprint density at radius 3 is 1.71 bits per heavy atom. The van der Waals surface area contributed by atoms with Gasteiger partial charge in [-0.1, -0.05) is 133 Å². The van der Waals surface area contributed by atoms with E-state index in [-0.39, 0.29) is 18.9 Å². The van der Waals surface area contributed by atoms with E-state index in [0.717, 1.165) is 51.4 Å². The lowest BCUT2D eigenvalue weighted by atomic mass is 10.0. The lowest BCUT2D eigenvalue weighted by molar-refractivity contribution is -0.124. The van der Waals surface area contributed by atoms with Crippen LogP contribution in [-0.2, 0) is 4.79 Å². The zero-order valence-corrected chi connectivity index (χ0v) is 27.4. The van der Waals surface area contributed by atoms with E-state index in [2.05, 4.69) is 55.6 Å². The molecule has 0 aliphatic carbocycles. The lowest BCUT2D eigenvalue weighted by Crippen LogP contribution is -2.45. The fraction of sp³-hybridized carbons (Fsp3) is 0.757. The molecule has 0 spiro atoms. The second kappa shape index (κ2) is 32.2. The smallest absolute Gasteiger partial charge is 0.222 e. The van der Waals surface area contributed by atoms with E-state index < -0.39 is 18.2 Å². The fourth-order valence-corrected chi connectivity index (χ4v) is 4.85. The highest BCUT2D eigenvalue weighted by Gasteiger charge is 2.20. The highest BCUT2D eigenvalue weighted by Crippen LogP contribution is 2.12. The molecule has 0 saturated heterocycles. The number of nitrogens with one attached hydrogen (secondary N) is 1. The van der Waals surface area contributed by atoms with Gasteiger partial charge in [0.1, 0.15) is 0 Å². The highest BCUT2D eigenvalue weighted by atomic mass is 16.3. The molecule has 5 nitrogen and oxygen atoms in total. The van der Waals surface area contributed by atoms with Crippen molar-refractivity contribution in [2.45, 2.75) is 173 Å². The molecule has 0 aliphatic rings. The number of rotatable bonds is 30. The predicted octanol–water partition coefficient (Wildman–Crippen LogP) is 9.03. The molecule has 244 valence electrons. The maximum Gasteiger partial charge on any atom is 0.222 e. The predicted molar refractivity (Wildman–Crippen MR) is 181 cm³/mol. The van der Waals surface area contributed by atoms with Crippen LogP contribution in [-0.4, -0.2) is 46.1 Å². The Kier molecular flexibility index (Phi) is 30.9. The van der Waals surface area contributed by atoms with Crippen LogP contribution in [0.5, 0.6) is 0 Å². The summed E-state index contributed by atoms with van der Waals surface area (Å²) in [6.45, 7) is 4.12. The Morgan fingerprint density at radius 1 is 0.619 bits per heavy atom. The number of hydrogen-bond donors (Lipinski definition) is 4. The van der Waals surface area contributed by atoms with Crippen LogP contribution in [0.25, 0.3) is 0 Å². The van der Waals surface area contributed by atoms with Crippen LogP contribution in [0.4, 0.5) is 0 Å².